The molecule has 0 aliphatic carbocycles. The van der Waals surface area contributed by atoms with E-state index in [4.69, 9.17) is 4.98 Å². The number of aromatic nitrogens is 2. The van der Waals surface area contributed by atoms with Crippen LogP contribution in [0, 0.1) is 0 Å². The van der Waals surface area contributed by atoms with Gasteiger partial charge in [0.25, 0.3) is 0 Å². The maximum absolute atomic E-state index is 12.7. The number of benzene rings is 2. The average Bonchev–Trinajstić information content (AvgIpc) is 3.39. The molecule has 0 unspecified atom stereocenters. The summed E-state index contributed by atoms with van der Waals surface area (Å²) in [6.07, 6.45) is 4.42. The highest BCUT2D eigenvalue weighted by Crippen LogP contribution is 2.24. The van der Waals surface area contributed by atoms with Gasteiger partial charge in [-0.05, 0) is 18.4 Å². The van der Waals surface area contributed by atoms with Crippen molar-refractivity contribution in [2.24, 2.45) is 0 Å². The van der Waals surface area contributed by atoms with Crippen molar-refractivity contribution in [1.82, 2.24) is 19.6 Å². The van der Waals surface area contributed by atoms with Crippen molar-refractivity contribution in [2.45, 2.75) is 31.8 Å². The molecule has 1 amide bonds. The lowest BCUT2D eigenvalue weighted by molar-refractivity contribution is -0.121. The second-order valence-corrected chi connectivity index (χ2v) is 8.99. The lowest BCUT2D eigenvalue weighted by Crippen LogP contribution is -2.44. The van der Waals surface area contributed by atoms with E-state index in [1.54, 1.807) is 11.3 Å². The number of rotatable bonds is 6. The third kappa shape index (κ3) is 4.70. The molecular formula is C25H26N4OS. The van der Waals surface area contributed by atoms with Gasteiger partial charge in [-0.2, -0.15) is 0 Å². The van der Waals surface area contributed by atoms with Gasteiger partial charge in [-0.25, -0.2) is 4.98 Å². The summed E-state index contributed by atoms with van der Waals surface area (Å²) in [5.74, 6) is 0.0937. The van der Waals surface area contributed by atoms with Gasteiger partial charge >= 0.3 is 0 Å². The summed E-state index contributed by atoms with van der Waals surface area (Å²) >= 11 is 1.58. The average molecular weight is 431 g/mol. The predicted molar refractivity (Wildman–Crippen MR) is 125 cm³/mol. The Bertz CT molecular complexity index is 1140. The highest BCUT2D eigenvalue weighted by molar-refractivity contribution is 7.15. The number of carbonyl (C=O) groups excluding carboxylic acids is 1. The zero-order valence-electron chi connectivity index (χ0n) is 17.4. The number of nitrogens with zero attached hydrogens (tertiary/aromatic N) is 3. The molecule has 1 aliphatic rings. The summed E-state index contributed by atoms with van der Waals surface area (Å²) in [5.41, 5.74) is 4.38. The zero-order chi connectivity index (χ0) is 21.0. The molecule has 3 heterocycles. The molecule has 1 fully saturated rings. The molecule has 1 N–H and O–H groups in total. The number of imidazole rings is 1. The van der Waals surface area contributed by atoms with Gasteiger partial charge in [0.1, 0.15) is 0 Å². The highest BCUT2D eigenvalue weighted by atomic mass is 32.1. The first kappa shape index (κ1) is 20.0. The van der Waals surface area contributed by atoms with Crippen molar-refractivity contribution in [3.05, 3.63) is 83.5 Å². The summed E-state index contributed by atoms with van der Waals surface area (Å²) in [4.78, 5) is 20.8. The lowest BCUT2D eigenvalue weighted by atomic mass is 10.0. The first-order valence-electron chi connectivity index (χ1n) is 10.8. The number of carbonyl (C=O) groups is 1. The van der Waals surface area contributed by atoms with Gasteiger partial charge in [-0.3, -0.25) is 14.1 Å². The fourth-order valence-corrected chi connectivity index (χ4v) is 5.10. The summed E-state index contributed by atoms with van der Waals surface area (Å²) in [5, 5.41) is 5.29. The Morgan fingerprint density at radius 1 is 1.03 bits per heavy atom. The number of hydrogen-bond acceptors (Lipinski definition) is 4. The van der Waals surface area contributed by atoms with Gasteiger partial charge in [0.05, 0.1) is 12.1 Å². The molecule has 31 heavy (non-hydrogen) atoms. The van der Waals surface area contributed by atoms with Gasteiger partial charge in [0.15, 0.2) is 4.96 Å². The smallest absolute Gasteiger partial charge is 0.226 e. The van der Waals surface area contributed by atoms with Crippen LogP contribution in [-0.2, 0) is 17.8 Å². The van der Waals surface area contributed by atoms with Crippen LogP contribution in [-0.4, -0.2) is 39.3 Å². The fourth-order valence-electron chi connectivity index (χ4n) is 4.22. The molecule has 0 radical (unpaired) electrons. The van der Waals surface area contributed by atoms with E-state index in [0.717, 1.165) is 54.4 Å². The molecule has 1 aliphatic heterocycles. The molecule has 2 aromatic carbocycles. The van der Waals surface area contributed by atoms with Crippen molar-refractivity contribution in [3.8, 4) is 11.3 Å². The second kappa shape index (κ2) is 9.04. The van der Waals surface area contributed by atoms with Crippen LogP contribution in [0.15, 0.2) is 72.2 Å². The molecule has 5 nitrogen and oxygen atoms in total. The maximum Gasteiger partial charge on any atom is 0.226 e. The van der Waals surface area contributed by atoms with Crippen LogP contribution < -0.4 is 5.32 Å². The van der Waals surface area contributed by atoms with E-state index >= 15 is 0 Å². The van der Waals surface area contributed by atoms with Crippen molar-refractivity contribution >= 4 is 22.2 Å². The number of nitrogens with one attached hydrogen (secondary N) is 1. The number of fused-ring (bicyclic) bond motifs is 1. The van der Waals surface area contributed by atoms with Crippen LogP contribution in [0.25, 0.3) is 16.2 Å². The van der Waals surface area contributed by atoms with Gasteiger partial charge < -0.3 is 5.32 Å². The van der Waals surface area contributed by atoms with Crippen LogP contribution in [0.1, 0.15) is 24.1 Å². The van der Waals surface area contributed by atoms with Crippen LogP contribution in [0.2, 0.25) is 0 Å². The molecular weight excluding hydrogens is 404 g/mol. The van der Waals surface area contributed by atoms with Gasteiger partial charge in [-0.1, -0.05) is 60.7 Å². The summed E-state index contributed by atoms with van der Waals surface area (Å²) in [6.45, 7) is 3.02. The minimum Gasteiger partial charge on any atom is -0.353 e. The Balaban J connectivity index is 1.16. The highest BCUT2D eigenvalue weighted by Gasteiger charge is 2.21. The topological polar surface area (TPSA) is 49.6 Å². The predicted octanol–water partition coefficient (Wildman–Crippen LogP) is 4.39. The van der Waals surface area contributed by atoms with E-state index in [0.29, 0.717) is 6.42 Å². The first-order chi connectivity index (χ1) is 15.2. The van der Waals surface area contributed by atoms with Crippen LogP contribution >= 0.6 is 11.3 Å². The quantitative estimate of drug-likeness (QED) is 0.494. The molecule has 2 aromatic heterocycles. The molecule has 6 heteroatoms. The van der Waals surface area contributed by atoms with Crippen LogP contribution in [0.4, 0.5) is 0 Å². The Morgan fingerprint density at radius 3 is 2.48 bits per heavy atom. The van der Waals surface area contributed by atoms with E-state index in [2.05, 4.69) is 57.1 Å². The number of thiazole rings is 1. The van der Waals surface area contributed by atoms with E-state index in [-0.39, 0.29) is 11.9 Å². The normalized spacial score (nSPS) is 15.4. The number of amides is 1. The van der Waals surface area contributed by atoms with Crippen LogP contribution in [0.3, 0.4) is 0 Å². The largest absolute Gasteiger partial charge is 0.353 e. The molecule has 0 atom stereocenters. The van der Waals surface area contributed by atoms with Crippen molar-refractivity contribution in [3.63, 3.8) is 0 Å². The molecule has 0 bridgehead atoms. The van der Waals surface area contributed by atoms with Gasteiger partial charge in [0, 0.05) is 48.5 Å². The van der Waals surface area contributed by atoms with E-state index in [1.165, 1.54) is 5.56 Å². The standard InChI is InChI=1S/C25H26N4OS/c30-24(26-21-11-13-28(14-12-21)16-19-7-3-1-4-8-19)15-22-18-31-25-27-23(17-29(22)25)20-9-5-2-6-10-20/h1-10,17-18,21H,11-16H2,(H,26,30). The summed E-state index contributed by atoms with van der Waals surface area (Å²) in [7, 11) is 0. The monoisotopic (exact) mass is 430 g/mol. The number of piperidine rings is 1. The second-order valence-electron chi connectivity index (χ2n) is 8.15. The third-order valence-corrected chi connectivity index (χ3v) is 6.79. The Hall–Kier alpha value is -2.96. The summed E-state index contributed by atoms with van der Waals surface area (Å²) < 4.78 is 2.05. The van der Waals surface area contributed by atoms with E-state index in [9.17, 15) is 4.79 Å². The number of hydrogen-bond donors (Lipinski definition) is 1. The molecule has 0 spiro atoms. The summed E-state index contributed by atoms with van der Waals surface area (Å²) in [6, 6.07) is 21.0. The first-order valence-corrected chi connectivity index (χ1v) is 11.7. The lowest BCUT2D eigenvalue weighted by Gasteiger charge is -2.32. The molecule has 5 rings (SSSR count). The van der Waals surface area contributed by atoms with Gasteiger partial charge in [-0.15, -0.1) is 11.3 Å². The Morgan fingerprint density at radius 2 is 1.74 bits per heavy atom. The Labute approximate surface area is 186 Å². The van der Waals surface area contributed by atoms with E-state index in [1.807, 2.05) is 29.8 Å². The number of likely N-dealkylation sites (tertiary alicyclic amines) is 1. The molecule has 158 valence electrons. The van der Waals surface area contributed by atoms with Crippen molar-refractivity contribution < 1.29 is 4.79 Å². The fraction of sp³-hybridized carbons (Fsp3) is 0.280. The maximum atomic E-state index is 12.7. The van der Waals surface area contributed by atoms with Gasteiger partial charge in [0.2, 0.25) is 5.91 Å². The minimum absolute atomic E-state index is 0.0937. The van der Waals surface area contributed by atoms with Crippen molar-refractivity contribution in [2.75, 3.05) is 13.1 Å². The third-order valence-electron chi connectivity index (χ3n) is 5.90. The van der Waals surface area contributed by atoms with Crippen LogP contribution in [0.5, 0.6) is 0 Å². The SMILES string of the molecule is O=C(Cc1csc2nc(-c3ccccc3)cn12)NC1CCN(Cc2ccccc2)CC1. The molecule has 0 saturated carbocycles. The Kier molecular flexibility index (Phi) is 5.82. The molecule has 4 aromatic rings. The van der Waals surface area contributed by atoms with E-state index < -0.39 is 0 Å². The minimum atomic E-state index is 0.0937. The molecule has 1 saturated heterocycles. The zero-order valence-corrected chi connectivity index (χ0v) is 18.2. The van der Waals surface area contributed by atoms with Crippen molar-refractivity contribution in [1.29, 1.82) is 0 Å².